The highest BCUT2D eigenvalue weighted by Crippen LogP contribution is 2.29. The summed E-state index contributed by atoms with van der Waals surface area (Å²) in [7, 11) is 0. The van der Waals surface area contributed by atoms with E-state index in [-0.39, 0.29) is 18.0 Å². The summed E-state index contributed by atoms with van der Waals surface area (Å²) in [5.74, 6) is -1.80. The summed E-state index contributed by atoms with van der Waals surface area (Å²) in [6.45, 7) is -0.147. The highest BCUT2D eigenvalue weighted by atomic mass is 16.4. The summed E-state index contributed by atoms with van der Waals surface area (Å²) in [5.41, 5.74) is -1.02. The predicted octanol–water partition coefficient (Wildman–Crippen LogP) is 0.143. The summed E-state index contributed by atoms with van der Waals surface area (Å²) in [5, 5.41) is 21.0. The molecule has 0 spiro atoms. The van der Waals surface area contributed by atoms with E-state index in [2.05, 4.69) is 15.3 Å². The SMILES string of the molecule is O=C(NC1(CO)CCCC1)c1nc[nH]c1C(=O)O. The smallest absolute Gasteiger partial charge is 0.354 e. The molecule has 7 nitrogen and oxygen atoms in total. The zero-order chi connectivity index (χ0) is 13.2. The Labute approximate surface area is 103 Å². The fourth-order valence-corrected chi connectivity index (χ4v) is 2.30. The monoisotopic (exact) mass is 253 g/mol. The average Bonchev–Trinajstić information content (AvgIpc) is 2.97. The largest absolute Gasteiger partial charge is 0.477 e. The number of hydrogen-bond donors (Lipinski definition) is 4. The first-order valence-electron chi connectivity index (χ1n) is 5.78. The first-order chi connectivity index (χ1) is 8.58. The fourth-order valence-electron chi connectivity index (χ4n) is 2.30. The highest BCUT2D eigenvalue weighted by Gasteiger charge is 2.36. The van der Waals surface area contributed by atoms with E-state index in [1.54, 1.807) is 0 Å². The highest BCUT2D eigenvalue weighted by molar-refractivity contribution is 6.02. The van der Waals surface area contributed by atoms with Crippen LogP contribution in [0.3, 0.4) is 0 Å². The van der Waals surface area contributed by atoms with E-state index < -0.39 is 17.4 Å². The second-order valence-corrected chi connectivity index (χ2v) is 4.53. The molecule has 1 saturated carbocycles. The van der Waals surface area contributed by atoms with Crippen molar-refractivity contribution in [2.45, 2.75) is 31.2 Å². The lowest BCUT2D eigenvalue weighted by atomic mass is 9.98. The summed E-state index contributed by atoms with van der Waals surface area (Å²) >= 11 is 0. The van der Waals surface area contributed by atoms with Gasteiger partial charge in [-0.2, -0.15) is 0 Å². The first-order valence-corrected chi connectivity index (χ1v) is 5.78. The van der Waals surface area contributed by atoms with E-state index in [9.17, 15) is 14.7 Å². The number of aromatic carboxylic acids is 1. The summed E-state index contributed by atoms with van der Waals surface area (Å²) in [6, 6.07) is 0. The second kappa shape index (κ2) is 4.77. The van der Waals surface area contributed by atoms with Gasteiger partial charge in [-0.3, -0.25) is 4.79 Å². The minimum atomic E-state index is -1.23. The van der Waals surface area contributed by atoms with Gasteiger partial charge in [0.1, 0.15) is 0 Å². The lowest BCUT2D eigenvalue weighted by Gasteiger charge is -2.27. The van der Waals surface area contributed by atoms with Crippen LogP contribution in [0.1, 0.15) is 46.7 Å². The third-order valence-electron chi connectivity index (χ3n) is 3.31. The summed E-state index contributed by atoms with van der Waals surface area (Å²) < 4.78 is 0. The van der Waals surface area contributed by atoms with Crippen LogP contribution >= 0.6 is 0 Å². The van der Waals surface area contributed by atoms with Gasteiger partial charge in [-0.25, -0.2) is 9.78 Å². The van der Waals surface area contributed by atoms with E-state index in [0.29, 0.717) is 12.8 Å². The Morgan fingerprint density at radius 2 is 2.11 bits per heavy atom. The number of hydrogen-bond acceptors (Lipinski definition) is 4. The lowest BCUT2D eigenvalue weighted by molar-refractivity contribution is 0.0680. The Morgan fingerprint density at radius 3 is 2.67 bits per heavy atom. The van der Waals surface area contributed by atoms with Crippen LogP contribution in [0.25, 0.3) is 0 Å². The van der Waals surface area contributed by atoms with E-state index in [1.165, 1.54) is 6.33 Å². The molecule has 0 atom stereocenters. The van der Waals surface area contributed by atoms with Crippen molar-refractivity contribution in [1.82, 2.24) is 15.3 Å². The number of imidazole rings is 1. The first kappa shape index (κ1) is 12.6. The van der Waals surface area contributed by atoms with Crippen LogP contribution in [0.4, 0.5) is 0 Å². The molecule has 98 valence electrons. The quantitative estimate of drug-likeness (QED) is 0.609. The number of carbonyl (C=O) groups is 2. The molecule has 0 bridgehead atoms. The van der Waals surface area contributed by atoms with Crippen LogP contribution in [0, 0.1) is 0 Å². The predicted molar refractivity (Wildman–Crippen MR) is 61.3 cm³/mol. The van der Waals surface area contributed by atoms with Crippen LogP contribution in [-0.4, -0.2) is 44.2 Å². The zero-order valence-corrected chi connectivity index (χ0v) is 9.77. The molecule has 1 fully saturated rings. The molecule has 2 rings (SSSR count). The number of rotatable bonds is 4. The molecular formula is C11H15N3O4. The molecule has 0 aliphatic heterocycles. The molecule has 1 aromatic heterocycles. The average molecular weight is 253 g/mol. The van der Waals surface area contributed by atoms with E-state index in [0.717, 1.165) is 12.8 Å². The van der Waals surface area contributed by atoms with Crippen LogP contribution < -0.4 is 5.32 Å². The van der Waals surface area contributed by atoms with Gasteiger partial charge in [0.2, 0.25) is 0 Å². The Hall–Kier alpha value is -1.89. The van der Waals surface area contributed by atoms with Gasteiger partial charge in [0.05, 0.1) is 18.5 Å². The molecule has 1 amide bonds. The normalized spacial score (nSPS) is 17.6. The molecule has 1 aliphatic carbocycles. The number of amides is 1. The maximum Gasteiger partial charge on any atom is 0.354 e. The molecule has 1 aliphatic rings. The van der Waals surface area contributed by atoms with E-state index in [1.807, 2.05) is 0 Å². The number of aromatic amines is 1. The van der Waals surface area contributed by atoms with Crippen LogP contribution in [0.2, 0.25) is 0 Å². The van der Waals surface area contributed by atoms with Crippen LogP contribution in [-0.2, 0) is 0 Å². The molecule has 0 unspecified atom stereocenters. The Bertz CT molecular complexity index is 463. The number of H-pyrrole nitrogens is 1. The van der Waals surface area contributed by atoms with Crippen molar-refractivity contribution in [2.24, 2.45) is 0 Å². The summed E-state index contributed by atoms with van der Waals surface area (Å²) in [6.07, 6.45) is 4.43. The third-order valence-corrected chi connectivity index (χ3v) is 3.31. The number of nitrogens with one attached hydrogen (secondary N) is 2. The molecule has 0 radical (unpaired) electrons. The van der Waals surface area contributed by atoms with Crippen LogP contribution in [0.15, 0.2) is 6.33 Å². The van der Waals surface area contributed by atoms with Gasteiger partial charge in [0.25, 0.3) is 5.91 Å². The number of nitrogens with zero attached hydrogens (tertiary/aromatic N) is 1. The second-order valence-electron chi connectivity index (χ2n) is 4.53. The van der Waals surface area contributed by atoms with Crippen LogP contribution in [0.5, 0.6) is 0 Å². The molecule has 1 heterocycles. The van der Waals surface area contributed by atoms with Gasteiger partial charge < -0.3 is 20.5 Å². The zero-order valence-electron chi connectivity index (χ0n) is 9.77. The van der Waals surface area contributed by atoms with E-state index in [4.69, 9.17) is 5.11 Å². The van der Waals surface area contributed by atoms with E-state index >= 15 is 0 Å². The topological polar surface area (TPSA) is 115 Å². The Balaban J connectivity index is 2.16. The number of carboxylic acid groups (broad SMARTS) is 1. The molecule has 4 N–H and O–H groups in total. The van der Waals surface area contributed by atoms with Gasteiger partial charge in [0, 0.05) is 0 Å². The standard InChI is InChI=1S/C11H15N3O4/c15-5-11(3-1-2-4-11)14-9(16)7-8(10(17)18)13-6-12-7/h6,15H,1-5H2,(H,12,13)(H,14,16)(H,17,18). The Morgan fingerprint density at radius 1 is 1.44 bits per heavy atom. The number of aromatic nitrogens is 2. The molecule has 0 saturated heterocycles. The molecule has 0 aromatic carbocycles. The minimum absolute atomic E-state index is 0.147. The van der Waals surface area contributed by atoms with Gasteiger partial charge in [-0.1, -0.05) is 12.8 Å². The van der Waals surface area contributed by atoms with Crippen molar-refractivity contribution in [3.63, 3.8) is 0 Å². The number of carbonyl (C=O) groups excluding carboxylic acids is 1. The van der Waals surface area contributed by atoms with Crippen molar-refractivity contribution in [3.8, 4) is 0 Å². The minimum Gasteiger partial charge on any atom is -0.477 e. The van der Waals surface area contributed by atoms with Gasteiger partial charge >= 0.3 is 5.97 Å². The van der Waals surface area contributed by atoms with Gasteiger partial charge in [0.15, 0.2) is 11.4 Å². The van der Waals surface area contributed by atoms with Crippen molar-refractivity contribution in [1.29, 1.82) is 0 Å². The summed E-state index contributed by atoms with van der Waals surface area (Å²) in [4.78, 5) is 29.0. The maximum atomic E-state index is 12.0. The molecule has 18 heavy (non-hydrogen) atoms. The maximum absolute atomic E-state index is 12.0. The Kier molecular flexibility index (Phi) is 3.33. The fraction of sp³-hybridized carbons (Fsp3) is 0.545. The lowest BCUT2D eigenvalue weighted by Crippen LogP contribution is -2.49. The van der Waals surface area contributed by atoms with Gasteiger partial charge in [-0.05, 0) is 12.8 Å². The molecule has 7 heteroatoms. The number of aliphatic hydroxyl groups excluding tert-OH is 1. The molecular weight excluding hydrogens is 238 g/mol. The van der Waals surface area contributed by atoms with Crippen molar-refractivity contribution in [2.75, 3.05) is 6.61 Å². The van der Waals surface area contributed by atoms with Crippen molar-refractivity contribution < 1.29 is 19.8 Å². The number of aliphatic hydroxyl groups is 1. The van der Waals surface area contributed by atoms with Crippen molar-refractivity contribution in [3.05, 3.63) is 17.7 Å². The third kappa shape index (κ3) is 2.21. The van der Waals surface area contributed by atoms with Crippen molar-refractivity contribution >= 4 is 11.9 Å². The number of carboxylic acids is 1. The molecule has 1 aromatic rings. The van der Waals surface area contributed by atoms with Gasteiger partial charge in [-0.15, -0.1) is 0 Å².